The molecule has 0 bridgehead atoms. The third kappa shape index (κ3) is 4.37. The molecular formula is C22H30N4O. The van der Waals surface area contributed by atoms with Gasteiger partial charge < -0.3 is 10.4 Å². The summed E-state index contributed by atoms with van der Waals surface area (Å²) in [6.45, 7) is 3.74. The van der Waals surface area contributed by atoms with Crippen molar-refractivity contribution >= 4 is 0 Å². The molecule has 27 heavy (non-hydrogen) atoms. The van der Waals surface area contributed by atoms with Crippen LogP contribution >= 0.6 is 0 Å². The second-order valence-electron chi connectivity index (χ2n) is 7.91. The molecule has 5 nitrogen and oxygen atoms in total. The Kier molecular flexibility index (Phi) is 5.81. The second kappa shape index (κ2) is 8.46. The van der Waals surface area contributed by atoms with Gasteiger partial charge in [0.1, 0.15) is 5.82 Å². The van der Waals surface area contributed by atoms with Gasteiger partial charge in [0, 0.05) is 37.3 Å². The summed E-state index contributed by atoms with van der Waals surface area (Å²) in [7, 11) is 0. The molecule has 4 rings (SSSR count). The highest BCUT2D eigenvalue weighted by atomic mass is 16.3. The number of rotatable bonds is 6. The largest absolute Gasteiger partial charge is 0.387 e. The number of hydrogen-bond acceptors (Lipinski definition) is 5. The lowest BCUT2D eigenvalue weighted by Gasteiger charge is -2.49. The van der Waals surface area contributed by atoms with Gasteiger partial charge in [0.25, 0.3) is 0 Å². The Morgan fingerprint density at radius 1 is 1.11 bits per heavy atom. The molecule has 0 radical (unpaired) electrons. The number of nitrogens with zero attached hydrogens (tertiary/aromatic N) is 3. The van der Waals surface area contributed by atoms with Gasteiger partial charge in [-0.05, 0) is 44.8 Å². The molecule has 2 N–H and O–H groups in total. The normalized spacial score (nSPS) is 25.9. The summed E-state index contributed by atoms with van der Waals surface area (Å²) in [5, 5.41) is 14.7. The highest BCUT2D eigenvalue weighted by molar-refractivity contribution is 5.58. The topological polar surface area (TPSA) is 61.3 Å². The molecule has 0 aliphatic carbocycles. The van der Waals surface area contributed by atoms with Crippen LogP contribution in [-0.2, 0) is 6.42 Å². The van der Waals surface area contributed by atoms with Crippen LogP contribution in [-0.4, -0.2) is 57.8 Å². The van der Waals surface area contributed by atoms with Crippen LogP contribution in [0.3, 0.4) is 0 Å². The van der Waals surface area contributed by atoms with Crippen molar-refractivity contribution in [2.24, 2.45) is 0 Å². The van der Waals surface area contributed by atoms with E-state index in [2.05, 4.69) is 32.3 Å². The molecule has 0 amide bonds. The third-order valence-electron chi connectivity index (χ3n) is 6.02. The predicted octanol–water partition coefficient (Wildman–Crippen LogP) is 2.66. The van der Waals surface area contributed by atoms with Crippen molar-refractivity contribution in [3.63, 3.8) is 0 Å². The number of nitrogens with one attached hydrogen (secondary N) is 1. The van der Waals surface area contributed by atoms with E-state index in [1.165, 1.54) is 12.8 Å². The van der Waals surface area contributed by atoms with Crippen LogP contribution in [0, 0.1) is 0 Å². The van der Waals surface area contributed by atoms with Crippen LogP contribution in [0.2, 0.25) is 0 Å². The number of hydrogen-bond donors (Lipinski definition) is 2. The molecule has 0 unspecified atom stereocenters. The SMILES string of the molecule is O[C@@]1(CNCCc2nccc(-c3ccccc3)n2)CCCN2CCCC[C@@H]21. The molecule has 2 aliphatic heterocycles. The molecule has 1 aromatic heterocycles. The molecule has 2 aromatic rings. The van der Waals surface area contributed by atoms with E-state index in [1.54, 1.807) is 0 Å². The summed E-state index contributed by atoms with van der Waals surface area (Å²) in [5.74, 6) is 0.846. The number of fused-ring (bicyclic) bond motifs is 1. The Balaban J connectivity index is 1.31. The zero-order valence-corrected chi connectivity index (χ0v) is 16.0. The smallest absolute Gasteiger partial charge is 0.130 e. The van der Waals surface area contributed by atoms with E-state index in [4.69, 9.17) is 0 Å². The van der Waals surface area contributed by atoms with Crippen molar-refractivity contribution in [3.05, 3.63) is 48.4 Å². The van der Waals surface area contributed by atoms with Crippen molar-refractivity contribution in [2.45, 2.75) is 50.2 Å². The fourth-order valence-electron chi connectivity index (χ4n) is 4.62. The highest BCUT2D eigenvalue weighted by Crippen LogP contribution is 2.33. The van der Waals surface area contributed by atoms with Crippen LogP contribution in [0.5, 0.6) is 0 Å². The Hall–Kier alpha value is -1.82. The fraction of sp³-hybridized carbons (Fsp3) is 0.545. The third-order valence-corrected chi connectivity index (χ3v) is 6.02. The predicted molar refractivity (Wildman–Crippen MR) is 107 cm³/mol. The standard InChI is InChI=1S/C22H30N4O/c27-22(12-6-16-26-15-5-4-9-20(22)26)17-23-13-11-21-24-14-10-19(25-21)18-7-2-1-3-8-18/h1-3,7-8,10,14,20,23,27H,4-6,9,11-13,15-17H2/t20-,22-/m1/s1. The van der Waals surface area contributed by atoms with Gasteiger partial charge in [0.2, 0.25) is 0 Å². The van der Waals surface area contributed by atoms with Gasteiger partial charge in [-0.15, -0.1) is 0 Å². The van der Waals surface area contributed by atoms with Crippen molar-refractivity contribution in [2.75, 3.05) is 26.2 Å². The Morgan fingerprint density at radius 3 is 2.85 bits per heavy atom. The van der Waals surface area contributed by atoms with E-state index in [0.717, 1.165) is 62.4 Å². The second-order valence-corrected chi connectivity index (χ2v) is 7.91. The van der Waals surface area contributed by atoms with Crippen molar-refractivity contribution in [1.29, 1.82) is 0 Å². The van der Waals surface area contributed by atoms with Crippen molar-refractivity contribution in [1.82, 2.24) is 20.2 Å². The quantitative estimate of drug-likeness (QED) is 0.770. The van der Waals surface area contributed by atoms with Gasteiger partial charge in [-0.1, -0.05) is 36.8 Å². The van der Waals surface area contributed by atoms with Crippen LogP contribution in [0.15, 0.2) is 42.6 Å². The summed E-state index contributed by atoms with van der Waals surface area (Å²) >= 11 is 0. The Labute approximate surface area is 161 Å². The minimum Gasteiger partial charge on any atom is -0.387 e. The first kappa shape index (κ1) is 18.5. The molecule has 144 valence electrons. The maximum absolute atomic E-state index is 11.2. The first-order valence-electron chi connectivity index (χ1n) is 10.3. The summed E-state index contributed by atoms with van der Waals surface area (Å²) in [6.07, 6.45) is 8.24. The molecule has 2 atom stereocenters. The zero-order valence-electron chi connectivity index (χ0n) is 16.0. The Bertz CT molecular complexity index is 736. The molecule has 0 saturated carbocycles. The fourth-order valence-corrected chi connectivity index (χ4v) is 4.62. The van der Waals surface area contributed by atoms with Gasteiger partial charge in [-0.3, -0.25) is 4.90 Å². The summed E-state index contributed by atoms with van der Waals surface area (Å²) in [6, 6.07) is 12.5. The van der Waals surface area contributed by atoms with E-state index in [0.29, 0.717) is 12.6 Å². The lowest BCUT2D eigenvalue weighted by Crippen LogP contribution is -2.62. The molecule has 2 saturated heterocycles. The van der Waals surface area contributed by atoms with Gasteiger partial charge >= 0.3 is 0 Å². The van der Waals surface area contributed by atoms with E-state index in [1.807, 2.05) is 30.5 Å². The maximum Gasteiger partial charge on any atom is 0.130 e. The van der Waals surface area contributed by atoms with Crippen LogP contribution in [0.25, 0.3) is 11.3 Å². The average molecular weight is 367 g/mol. The number of aliphatic hydroxyl groups is 1. The first-order chi connectivity index (χ1) is 13.2. The number of piperidine rings is 2. The van der Waals surface area contributed by atoms with Crippen LogP contribution < -0.4 is 5.32 Å². The van der Waals surface area contributed by atoms with Gasteiger partial charge in [0.15, 0.2) is 0 Å². The van der Waals surface area contributed by atoms with E-state index < -0.39 is 5.60 Å². The van der Waals surface area contributed by atoms with Gasteiger partial charge in [-0.25, -0.2) is 9.97 Å². The van der Waals surface area contributed by atoms with Crippen LogP contribution in [0.1, 0.15) is 37.9 Å². The summed E-state index contributed by atoms with van der Waals surface area (Å²) in [5.41, 5.74) is 1.48. The minimum atomic E-state index is -0.592. The van der Waals surface area contributed by atoms with Crippen LogP contribution in [0.4, 0.5) is 0 Å². The van der Waals surface area contributed by atoms with Gasteiger partial charge in [0.05, 0.1) is 11.3 Å². The van der Waals surface area contributed by atoms with Gasteiger partial charge in [-0.2, -0.15) is 0 Å². The molecule has 5 heteroatoms. The monoisotopic (exact) mass is 366 g/mol. The molecule has 3 heterocycles. The molecule has 0 spiro atoms. The minimum absolute atomic E-state index is 0.324. The number of aromatic nitrogens is 2. The molecule has 1 aromatic carbocycles. The first-order valence-corrected chi connectivity index (χ1v) is 10.3. The van der Waals surface area contributed by atoms with Crippen molar-refractivity contribution < 1.29 is 5.11 Å². The lowest BCUT2D eigenvalue weighted by molar-refractivity contribution is -0.0916. The average Bonchev–Trinajstić information content (AvgIpc) is 2.73. The highest BCUT2D eigenvalue weighted by Gasteiger charge is 2.43. The summed E-state index contributed by atoms with van der Waals surface area (Å²) in [4.78, 5) is 11.6. The number of benzene rings is 1. The zero-order chi connectivity index (χ0) is 18.5. The molecule has 2 aliphatic rings. The van der Waals surface area contributed by atoms with E-state index in [-0.39, 0.29) is 0 Å². The summed E-state index contributed by atoms with van der Waals surface area (Å²) < 4.78 is 0. The Morgan fingerprint density at radius 2 is 1.96 bits per heavy atom. The molecular weight excluding hydrogens is 336 g/mol. The lowest BCUT2D eigenvalue weighted by atomic mass is 9.79. The van der Waals surface area contributed by atoms with Crippen molar-refractivity contribution in [3.8, 4) is 11.3 Å². The maximum atomic E-state index is 11.2. The molecule has 2 fully saturated rings. The van der Waals surface area contributed by atoms with E-state index >= 15 is 0 Å². The van der Waals surface area contributed by atoms with E-state index in [9.17, 15) is 5.11 Å².